The number of anilines is 1. The van der Waals surface area contributed by atoms with Crippen LogP contribution in [0.15, 0.2) is 79.1 Å². The summed E-state index contributed by atoms with van der Waals surface area (Å²) in [5.74, 6) is -0.0365. The SMILES string of the molecule is FC1(F)Oc2cccc(N3C=CC=C(c4ccnn4-c4ccccc4)N3)c2O1. The minimum Gasteiger partial charge on any atom is -0.395 e. The number of hydrogen-bond acceptors (Lipinski definition) is 5. The minimum absolute atomic E-state index is 0.0110. The molecule has 1 aromatic heterocycles. The van der Waals surface area contributed by atoms with Crippen molar-refractivity contribution in [2.45, 2.75) is 6.29 Å². The maximum atomic E-state index is 13.5. The van der Waals surface area contributed by atoms with E-state index >= 15 is 0 Å². The van der Waals surface area contributed by atoms with Crippen LogP contribution in [0.4, 0.5) is 14.5 Å². The van der Waals surface area contributed by atoms with E-state index in [4.69, 9.17) is 0 Å². The van der Waals surface area contributed by atoms with Crippen molar-refractivity contribution in [1.29, 1.82) is 0 Å². The zero-order valence-electron chi connectivity index (χ0n) is 14.4. The Labute approximate surface area is 158 Å². The quantitative estimate of drug-likeness (QED) is 0.742. The van der Waals surface area contributed by atoms with Gasteiger partial charge in [-0.15, -0.1) is 8.78 Å². The van der Waals surface area contributed by atoms with Crippen LogP contribution in [-0.2, 0) is 0 Å². The Morgan fingerprint density at radius 3 is 2.68 bits per heavy atom. The third kappa shape index (κ3) is 2.75. The number of ether oxygens (including phenoxy) is 2. The molecule has 2 aliphatic heterocycles. The standard InChI is InChI=1S/C20H14F2N4O2/c21-20(22)27-18-10-4-9-17(19(18)28-20)25-13-5-8-15(24-25)16-11-12-23-26(16)14-6-2-1-3-7-14/h1-13,24H. The minimum atomic E-state index is -3.68. The van der Waals surface area contributed by atoms with Crippen LogP contribution < -0.4 is 19.9 Å². The predicted molar refractivity (Wildman–Crippen MR) is 98.9 cm³/mol. The average Bonchev–Trinajstić information content (AvgIpc) is 3.31. The number of rotatable bonds is 3. The topological polar surface area (TPSA) is 51.5 Å². The fraction of sp³-hybridized carbons (Fsp3) is 0.0500. The number of aromatic nitrogens is 2. The Balaban J connectivity index is 1.47. The number of nitrogens with zero attached hydrogens (tertiary/aromatic N) is 3. The molecule has 0 saturated heterocycles. The van der Waals surface area contributed by atoms with Crippen molar-refractivity contribution in [3.05, 3.63) is 84.8 Å². The maximum absolute atomic E-state index is 13.5. The first-order chi connectivity index (χ1) is 13.6. The number of hydrogen-bond donors (Lipinski definition) is 1. The molecule has 0 amide bonds. The molecule has 0 atom stereocenters. The highest BCUT2D eigenvalue weighted by Gasteiger charge is 2.45. The van der Waals surface area contributed by atoms with E-state index in [2.05, 4.69) is 20.0 Å². The Morgan fingerprint density at radius 2 is 1.82 bits per heavy atom. The molecule has 2 aromatic carbocycles. The molecule has 8 heteroatoms. The lowest BCUT2D eigenvalue weighted by Gasteiger charge is -2.27. The first-order valence-corrected chi connectivity index (χ1v) is 8.54. The third-order valence-electron chi connectivity index (χ3n) is 4.33. The van der Waals surface area contributed by atoms with Crippen molar-refractivity contribution in [2.75, 3.05) is 5.01 Å². The van der Waals surface area contributed by atoms with Crippen LogP contribution in [0.1, 0.15) is 5.69 Å². The number of benzene rings is 2. The first kappa shape index (κ1) is 16.4. The van der Waals surface area contributed by atoms with Crippen LogP contribution in [-0.4, -0.2) is 16.1 Å². The number of para-hydroxylation sites is 2. The summed E-state index contributed by atoms with van der Waals surface area (Å²) in [5.41, 5.74) is 6.07. The first-order valence-electron chi connectivity index (χ1n) is 8.54. The van der Waals surface area contributed by atoms with Gasteiger partial charge in [0.2, 0.25) is 0 Å². The molecule has 0 saturated carbocycles. The highest BCUT2D eigenvalue weighted by molar-refractivity contribution is 5.73. The molecule has 0 aliphatic carbocycles. The lowest BCUT2D eigenvalue weighted by molar-refractivity contribution is -0.286. The second kappa shape index (κ2) is 6.12. The van der Waals surface area contributed by atoms with E-state index in [1.54, 1.807) is 34.2 Å². The van der Waals surface area contributed by atoms with Gasteiger partial charge in [-0.3, -0.25) is 10.4 Å². The van der Waals surface area contributed by atoms with Gasteiger partial charge in [-0.05, 0) is 42.5 Å². The van der Waals surface area contributed by atoms with E-state index in [9.17, 15) is 8.78 Å². The molecule has 28 heavy (non-hydrogen) atoms. The van der Waals surface area contributed by atoms with E-state index in [1.165, 1.54) is 6.07 Å². The Morgan fingerprint density at radius 1 is 0.964 bits per heavy atom. The lowest BCUT2D eigenvalue weighted by atomic mass is 10.2. The van der Waals surface area contributed by atoms with Crippen molar-refractivity contribution in [1.82, 2.24) is 15.2 Å². The van der Waals surface area contributed by atoms with E-state index in [-0.39, 0.29) is 11.5 Å². The zero-order chi connectivity index (χ0) is 19.1. The molecule has 2 aliphatic rings. The maximum Gasteiger partial charge on any atom is 0.586 e. The molecule has 140 valence electrons. The van der Waals surface area contributed by atoms with Crippen LogP contribution in [0.2, 0.25) is 0 Å². The number of alkyl halides is 2. The highest BCUT2D eigenvalue weighted by atomic mass is 19.3. The number of nitrogens with one attached hydrogen (secondary N) is 1. The Kier molecular flexibility index (Phi) is 3.58. The van der Waals surface area contributed by atoms with Gasteiger partial charge in [0, 0.05) is 6.20 Å². The van der Waals surface area contributed by atoms with Gasteiger partial charge in [-0.25, -0.2) is 4.68 Å². The molecular formula is C20H14F2N4O2. The van der Waals surface area contributed by atoms with Gasteiger partial charge in [-0.1, -0.05) is 24.3 Å². The van der Waals surface area contributed by atoms with Crippen LogP contribution in [0, 0.1) is 0 Å². The summed E-state index contributed by atoms with van der Waals surface area (Å²) >= 11 is 0. The van der Waals surface area contributed by atoms with Gasteiger partial charge >= 0.3 is 6.29 Å². The largest absolute Gasteiger partial charge is 0.586 e. The summed E-state index contributed by atoms with van der Waals surface area (Å²) in [6.07, 6.45) is 3.42. The summed E-state index contributed by atoms with van der Waals surface area (Å²) in [5, 5.41) is 5.98. The Hall–Kier alpha value is -3.81. The summed E-state index contributed by atoms with van der Waals surface area (Å²) in [6.45, 7) is 0. The van der Waals surface area contributed by atoms with Crippen LogP contribution in [0.3, 0.4) is 0 Å². The van der Waals surface area contributed by atoms with Gasteiger partial charge < -0.3 is 9.47 Å². The number of allylic oxidation sites excluding steroid dienone is 2. The van der Waals surface area contributed by atoms with Crippen molar-refractivity contribution in [2.24, 2.45) is 0 Å². The average molecular weight is 380 g/mol. The van der Waals surface area contributed by atoms with Crippen LogP contribution in [0.25, 0.3) is 11.4 Å². The predicted octanol–water partition coefficient (Wildman–Crippen LogP) is 4.07. The van der Waals surface area contributed by atoms with Crippen molar-refractivity contribution in [3.8, 4) is 17.2 Å². The zero-order valence-corrected chi connectivity index (χ0v) is 14.4. The molecule has 0 bridgehead atoms. The van der Waals surface area contributed by atoms with Gasteiger partial charge in [0.25, 0.3) is 0 Å². The molecule has 3 aromatic rings. The molecule has 0 fully saturated rings. The third-order valence-corrected chi connectivity index (χ3v) is 4.33. The highest BCUT2D eigenvalue weighted by Crippen LogP contribution is 2.47. The summed E-state index contributed by atoms with van der Waals surface area (Å²) in [4.78, 5) is 0. The van der Waals surface area contributed by atoms with Crippen molar-refractivity contribution in [3.63, 3.8) is 0 Å². The molecule has 3 heterocycles. The monoisotopic (exact) mass is 380 g/mol. The lowest BCUT2D eigenvalue weighted by Crippen LogP contribution is -2.34. The van der Waals surface area contributed by atoms with E-state index in [0.717, 1.165) is 17.1 Å². The number of hydrazine groups is 1. The van der Waals surface area contributed by atoms with Gasteiger partial charge in [0.05, 0.1) is 23.3 Å². The molecule has 5 rings (SSSR count). The second-order valence-corrected chi connectivity index (χ2v) is 6.14. The fourth-order valence-corrected chi connectivity index (χ4v) is 3.14. The van der Waals surface area contributed by atoms with Gasteiger partial charge in [0.15, 0.2) is 11.5 Å². The Bertz CT molecular complexity index is 1090. The number of fused-ring (bicyclic) bond motifs is 1. The van der Waals surface area contributed by atoms with E-state index in [0.29, 0.717) is 5.69 Å². The second-order valence-electron chi connectivity index (χ2n) is 6.14. The summed E-state index contributed by atoms with van der Waals surface area (Å²) in [6, 6.07) is 16.3. The smallest absolute Gasteiger partial charge is 0.395 e. The molecular weight excluding hydrogens is 366 g/mol. The summed E-state index contributed by atoms with van der Waals surface area (Å²) < 4.78 is 38.0. The van der Waals surface area contributed by atoms with E-state index < -0.39 is 6.29 Å². The summed E-state index contributed by atoms with van der Waals surface area (Å²) in [7, 11) is 0. The number of halogens is 2. The van der Waals surface area contributed by atoms with E-state index in [1.807, 2.05) is 48.6 Å². The van der Waals surface area contributed by atoms with Crippen LogP contribution in [0.5, 0.6) is 11.5 Å². The van der Waals surface area contributed by atoms with Gasteiger partial charge in [0.1, 0.15) is 5.69 Å². The van der Waals surface area contributed by atoms with Crippen molar-refractivity contribution < 1.29 is 18.3 Å². The van der Waals surface area contributed by atoms with Crippen LogP contribution >= 0.6 is 0 Å². The molecule has 1 N–H and O–H groups in total. The van der Waals surface area contributed by atoms with Crippen molar-refractivity contribution >= 4 is 11.4 Å². The molecule has 0 radical (unpaired) electrons. The molecule has 0 unspecified atom stereocenters. The molecule has 0 spiro atoms. The molecule has 6 nitrogen and oxygen atoms in total. The fourth-order valence-electron chi connectivity index (χ4n) is 3.14. The van der Waals surface area contributed by atoms with Gasteiger partial charge in [-0.2, -0.15) is 5.10 Å². The normalized spacial score (nSPS) is 16.6.